The molecule has 0 unspecified atom stereocenters. The Labute approximate surface area is 152 Å². The number of imide groups is 1. The van der Waals surface area contributed by atoms with Crippen LogP contribution in [0.1, 0.15) is 33.4 Å². The molecule has 0 aliphatic carbocycles. The van der Waals surface area contributed by atoms with Gasteiger partial charge in [-0.1, -0.05) is 12.1 Å². The van der Waals surface area contributed by atoms with Crippen molar-refractivity contribution in [3.63, 3.8) is 0 Å². The molecule has 2 aliphatic heterocycles. The van der Waals surface area contributed by atoms with Crippen molar-refractivity contribution in [3.8, 4) is 0 Å². The second-order valence-corrected chi connectivity index (χ2v) is 6.18. The van der Waals surface area contributed by atoms with E-state index in [1.165, 1.54) is 29.0 Å². The Morgan fingerprint density at radius 2 is 1.85 bits per heavy atom. The molecule has 3 heterocycles. The third-order valence-corrected chi connectivity index (χ3v) is 4.52. The van der Waals surface area contributed by atoms with Gasteiger partial charge in [-0.3, -0.25) is 19.0 Å². The first-order chi connectivity index (χ1) is 13.0. The Morgan fingerprint density at radius 1 is 1.19 bits per heavy atom. The maximum Gasteiger partial charge on any atom is 0.351 e. The van der Waals surface area contributed by atoms with E-state index in [-0.39, 0.29) is 23.4 Å². The quantitative estimate of drug-likeness (QED) is 0.698. The normalized spacial score (nSPS) is 24.5. The summed E-state index contributed by atoms with van der Waals surface area (Å²) in [6, 6.07) is 7.82. The third-order valence-electron chi connectivity index (χ3n) is 4.52. The number of benzene rings is 1. The lowest BCUT2D eigenvalue weighted by atomic mass is 10.1. The second kappa shape index (κ2) is 6.58. The lowest BCUT2D eigenvalue weighted by Crippen LogP contribution is -2.39. The van der Waals surface area contributed by atoms with E-state index in [4.69, 9.17) is 15.3 Å². The third kappa shape index (κ3) is 2.89. The van der Waals surface area contributed by atoms with E-state index in [9.17, 15) is 19.5 Å². The number of hydrogen-bond acceptors (Lipinski definition) is 8. The summed E-state index contributed by atoms with van der Waals surface area (Å²) in [6.07, 6.45) is -0.864. The lowest BCUT2D eigenvalue weighted by molar-refractivity contribution is -0.155. The van der Waals surface area contributed by atoms with Crippen molar-refractivity contribution in [3.05, 3.63) is 58.1 Å². The van der Waals surface area contributed by atoms with Gasteiger partial charge in [-0.15, -0.1) is 5.06 Å². The predicted octanol–water partition coefficient (Wildman–Crippen LogP) is -0.298. The van der Waals surface area contributed by atoms with Crippen molar-refractivity contribution in [1.29, 1.82) is 0 Å². The van der Waals surface area contributed by atoms with Gasteiger partial charge in [0.05, 0.1) is 17.7 Å². The van der Waals surface area contributed by atoms with E-state index >= 15 is 0 Å². The average Bonchev–Trinajstić information content (AvgIpc) is 3.17. The van der Waals surface area contributed by atoms with Gasteiger partial charge >= 0.3 is 5.69 Å². The smallest absolute Gasteiger partial charge is 0.351 e. The molecule has 2 amide bonds. The molecule has 0 saturated carbocycles. The highest BCUT2D eigenvalue weighted by Crippen LogP contribution is 2.32. The molecule has 1 aromatic carbocycles. The molecule has 0 radical (unpaired) electrons. The number of nitrogens with two attached hydrogens (primary N) is 1. The van der Waals surface area contributed by atoms with Crippen LogP contribution < -0.4 is 11.4 Å². The minimum absolute atomic E-state index is 0.0757. The van der Waals surface area contributed by atoms with Crippen molar-refractivity contribution >= 4 is 17.6 Å². The van der Waals surface area contributed by atoms with Crippen LogP contribution in [-0.4, -0.2) is 50.3 Å². The number of hydroxylamine groups is 2. The zero-order valence-electron chi connectivity index (χ0n) is 14.0. The number of anilines is 1. The number of amides is 2. The number of aliphatic hydroxyl groups is 1. The number of nitrogens with zero attached hydrogens (tertiary/aromatic N) is 3. The number of aliphatic hydroxyl groups excluding tert-OH is 1. The highest BCUT2D eigenvalue weighted by Gasteiger charge is 2.44. The second-order valence-electron chi connectivity index (χ2n) is 6.18. The Kier molecular flexibility index (Phi) is 4.22. The molecule has 27 heavy (non-hydrogen) atoms. The van der Waals surface area contributed by atoms with Gasteiger partial charge in [-0.25, -0.2) is 4.79 Å². The Hall–Kier alpha value is -3.08. The van der Waals surface area contributed by atoms with Crippen molar-refractivity contribution in [2.75, 3.05) is 12.3 Å². The number of rotatable bonds is 4. The first-order valence-corrected chi connectivity index (χ1v) is 8.25. The summed E-state index contributed by atoms with van der Waals surface area (Å²) in [7, 11) is 0. The number of hydrogen-bond donors (Lipinski definition) is 2. The number of ether oxygens (including phenoxy) is 1. The highest BCUT2D eigenvalue weighted by atomic mass is 16.7. The molecule has 0 bridgehead atoms. The van der Waals surface area contributed by atoms with E-state index < -0.39 is 42.5 Å². The molecule has 3 atom stereocenters. The minimum Gasteiger partial charge on any atom is -0.394 e. The minimum atomic E-state index is -0.830. The average molecular weight is 372 g/mol. The van der Waals surface area contributed by atoms with Crippen molar-refractivity contribution < 1.29 is 24.3 Å². The van der Waals surface area contributed by atoms with Crippen LogP contribution in [0.25, 0.3) is 0 Å². The summed E-state index contributed by atoms with van der Waals surface area (Å²) in [5, 5.41) is 10.3. The van der Waals surface area contributed by atoms with Crippen molar-refractivity contribution in [2.45, 2.75) is 24.9 Å². The van der Waals surface area contributed by atoms with Crippen LogP contribution in [0.3, 0.4) is 0 Å². The van der Waals surface area contributed by atoms with Gasteiger partial charge in [-0.05, 0) is 18.2 Å². The van der Waals surface area contributed by atoms with Gasteiger partial charge < -0.3 is 15.6 Å². The van der Waals surface area contributed by atoms with Crippen LogP contribution in [-0.2, 0) is 9.57 Å². The number of carbonyl (C=O) groups is 2. The van der Waals surface area contributed by atoms with Gasteiger partial charge in [-0.2, -0.15) is 4.98 Å². The van der Waals surface area contributed by atoms with Crippen LogP contribution in [0.15, 0.2) is 41.3 Å². The number of nitrogen functional groups attached to an aromatic ring is 1. The van der Waals surface area contributed by atoms with Gasteiger partial charge in [0.2, 0.25) is 0 Å². The molecule has 10 nitrogen and oxygen atoms in total. The fraction of sp³-hybridized carbons (Fsp3) is 0.294. The molecule has 0 spiro atoms. The fourth-order valence-electron chi connectivity index (χ4n) is 3.19. The predicted molar refractivity (Wildman–Crippen MR) is 90.3 cm³/mol. The molecule has 1 saturated heterocycles. The van der Waals surface area contributed by atoms with Crippen molar-refractivity contribution in [2.24, 2.45) is 0 Å². The number of carbonyl (C=O) groups excluding carboxylic acids is 2. The van der Waals surface area contributed by atoms with Crippen LogP contribution in [0.4, 0.5) is 5.82 Å². The largest absolute Gasteiger partial charge is 0.394 e. The maximum atomic E-state index is 12.4. The van der Waals surface area contributed by atoms with E-state index in [0.29, 0.717) is 5.06 Å². The monoisotopic (exact) mass is 372 g/mol. The molecule has 3 N–H and O–H groups in total. The zero-order valence-corrected chi connectivity index (χ0v) is 14.0. The van der Waals surface area contributed by atoms with Gasteiger partial charge in [0.25, 0.3) is 11.8 Å². The standard InChI is InChI=1S/C17H16N4O6/c18-13-5-6-20(17(25)19-13)14-7-11(12(8-22)26-14)27-21-15(23)9-3-1-2-4-10(9)16(21)24/h1-6,11-12,14,22H,7-8H2,(H2,18,19,25)/t11-,12+,14+/m0/s1. The topological polar surface area (TPSA) is 137 Å². The number of aromatic nitrogens is 2. The maximum absolute atomic E-state index is 12.4. The van der Waals surface area contributed by atoms with Crippen molar-refractivity contribution in [1.82, 2.24) is 14.6 Å². The van der Waals surface area contributed by atoms with Crippen LogP contribution in [0.2, 0.25) is 0 Å². The van der Waals surface area contributed by atoms with E-state index in [2.05, 4.69) is 4.98 Å². The fourth-order valence-corrected chi connectivity index (χ4v) is 3.19. The molecule has 2 aliphatic rings. The van der Waals surface area contributed by atoms with E-state index in [1.807, 2.05) is 0 Å². The summed E-state index contributed by atoms with van der Waals surface area (Å²) >= 11 is 0. The summed E-state index contributed by atoms with van der Waals surface area (Å²) in [5.74, 6) is -1.09. The van der Waals surface area contributed by atoms with Gasteiger partial charge in [0.15, 0.2) is 0 Å². The zero-order chi connectivity index (χ0) is 19.1. The van der Waals surface area contributed by atoms with Gasteiger partial charge in [0, 0.05) is 12.6 Å². The highest BCUT2D eigenvalue weighted by molar-refractivity contribution is 6.20. The summed E-state index contributed by atoms with van der Waals surface area (Å²) < 4.78 is 6.86. The molecule has 2 aromatic rings. The molecule has 140 valence electrons. The van der Waals surface area contributed by atoms with Gasteiger partial charge in [0.1, 0.15) is 24.3 Å². The Morgan fingerprint density at radius 3 is 2.44 bits per heavy atom. The molecule has 4 rings (SSSR count). The molecule has 10 heteroatoms. The molecule has 1 aromatic heterocycles. The lowest BCUT2D eigenvalue weighted by Gasteiger charge is -2.21. The van der Waals surface area contributed by atoms with Crippen LogP contribution in [0.5, 0.6) is 0 Å². The summed E-state index contributed by atoms with van der Waals surface area (Å²) in [5.41, 5.74) is 5.36. The SMILES string of the molecule is Nc1ccn([C@H]2C[C@H](ON3C(=O)c4ccccc4C3=O)[C@@H](CO)O2)c(=O)n1. The van der Waals surface area contributed by atoms with E-state index in [0.717, 1.165) is 0 Å². The Balaban J connectivity index is 1.55. The summed E-state index contributed by atoms with van der Waals surface area (Å²) in [6.45, 7) is -0.415. The Bertz CT molecular complexity index is 939. The summed E-state index contributed by atoms with van der Waals surface area (Å²) in [4.78, 5) is 46.1. The molecule has 1 fully saturated rings. The first-order valence-electron chi connectivity index (χ1n) is 8.25. The van der Waals surface area contributed by atoms with Crippen LogP contribution in [0, 0.1) is 0 Å². The van der Waals surface area contributed by atoms with E-state index in [1.54, 1.807) is 12.1 Å². The van der Waals surface area contributed by atoms with Crippen LogP contribution >= 0.6 is 0 Å². The molecular weight excluding hydrogens is 356 g/mol. The number of fused-ring (bicyclic) bond motifs is 1. The molecular formula is C17H16N4O6. The first kappa shape index (κ1) is 17.3.